The summed E-state index contributed by atoms with van der Waals surface area (Å²) in [7, 11) is -3.76. The van der Waals surface area contributed by atoms with Crippen LogP contribution in [-0.4, -0.2) is 38.0 Å². The molecule has 30 heavy (non-hydrogen) atoms. The number of nitrogens with one attached hydrogen (secondary N) is 3. The van der Waals surface area contributed by atoms with Crippen molar-refractivity contribution in [3.63, 3.8) is 0 Å². The Bertz CT molecular complexity index is 957. The summed E-state index contributed by atoms with van der Waals surface area (Å²) in [5, 5.41) is 14.7. The molecule has 0 bridgehead atoms. The largest absolute Gasteiger partial charge is 0.480 e. The number of amides is 1. The van der Waals surface area contributed by atoms with Gasteiger partial charge in [0.1, 0.15) is 6.04 Å². The topological polar surface area (TPSA) is 125 Å². The van der Waals surface area contributed by atoms with Crippen molar-refractivity contribution in [1.82, 2.24) is 5.32 Å². The smallest absolute Gasteiger partial charge is 0.321 e. The van der Waals surface area contributed by atoms with Crippen LogP contribution in [0.5, 0.6) is 0 Å². The van der Waals surface area contributed by atoms with Gasteiger partial charge in [-0.05, 0) is 56.3 Å². The van der Waals surface area contributed by atoms with Gasteiger partial charge in [-0.25, -0.2) is 8.42 Å². The number of sulfonamides is 1. The molecule has 0 spiro atoms. The number of unbranched alkanes of at least 4 members (excludes halogenated alkanes) is 1. The van der Waals surface area contributed by atoms with Crippen molar-refractivity contribution in [2.75, 3.05) is 16.6 Å². The second-order valence-electron chi connectivity index (χ2n) is 6.95. The molecule has 0 saturated carbocycles. The Morgan fingerprint density at radius 2 is 1.60 bits per heavy atom. The van der Waals surface area contributed by atoms with Crippen molar-refractivity contribution in [3.05, 3.63) is 54.1 Å². The summed E-state index contributed by atoms with van der Waals surface area (Å²) in [6.07, 6.45) is 1.51. The third-order valence-corrected chi connectivity index (χ3v) is 5.76. The van der Waals surface area contributed by atoms with Crippen LogP contribution in [0.4, 0.5) is 11.4 Å². The zero-order valence-electron chi connectivity index (χ0n) is 17.0. The summed E-state index contributed by atoms with van der Waals surface area (Å²) in [4.78, 5) is 23.5. The number of rotatable bonds is 11. The molecule has 0 aliphatic heterocycles. The van der Waals surface area contributed by atoms with Crippen LogP contribution < -0.4 is 15.4 Å². The number of carboxylic acids is 1. The molecule has 0 radical (unpaired) electrons. The van der Waals surface area contributed by atoms with E-state index in [4.69, 9.17) is 0 Å². The quantitative estimate of drug-likeness (QED) is 0.404. The number of carbonyl (C=O) groups excluding carboxylic acids is 1. The van der Waals surface area contributed by atoms with Gasteiger partial charge in [-0.2, -0.15) is 0 Å². The zero-order valence-corrected chi connectivity index (χ0v) is 17.8. The Labute approximate surface area is 176 Å². The fourth-order valence-electron chi connectivity index (χ4n) is 2.65. The van der Waals surface area contributed by atoms with E-state index < -0.39 is 27.9 Å². The minimum Gasteiger partial charge on any atom is -0.480 e. The number of benzene rings is 2. The molecule has 0 aliphatic rings. The first-order chi connectivity index (χ1) is 14.2. The molecule has 1 unspecified atom stereocenters. The van der Waals surface area contributed by atoms with Crippen molar-refractivity contribution in [1.29, 1.82) is 0 Å². The third kappa shape index (κ3) is 7.16. The lowest BCUT2D eigenvalue weighted by Crippen LogP contribution is -2.40. The molecule has 0 aromatic heterocycles. The lowest BCUT2D eigenvalue weighted by Gasteiger charge is -2.14. The second kappa shape index (κ2) is 10.7. The molecule has 0 saturated heterocycles. The van der Waals surface area contributed by atoms with Crippen LogP contribution >= 0.6 is 0 Å². The SMILES string of the molecule is CCCCNC(CC(=O)Nc1ccc(S(=O)(=O)Nc2ccc(C)cc2)cc1)C(=O)O. The van der Waals surface area contributed by atoms with Crippen molar-refractivity contribution >= 4 is 33.3 Å². The standard InChI is InChI=1S/C21H27N3O5S/c1-3-4-13-22-19(21(26)27)14-20(25)23-16-9-11-18(12-10-16)30(28,29)24-17-7-5-15(2)6-8-17/h5-12,19,22,24H,3-4,13-14H2,1-2H3,(H,23,25)(H,26,27). The average molecular weight is 434 g/mol. The van der Waals surface area contributed by atoms with Crippen molar-refractivity contribution in [2.45, 2.75) is 44.0 Å². The van der Waals surface area contributed by atoms with Crippen LogP contribution in [0.25, 0.3) is 0 Å². The Hall–Kier alpha value is -2.91. The summed E-state index contributed by atoms with van der Waals surface area (Å²) in [6.45, 7) is 4.41. The monoisotopic (exact) mass is 433 g/mol. The van der Waals surface area contributed by atoms with Gasteiger partial charge in [0.2, 0.25) is 5.91 Å². The predicted molar refractivity (Wildman–Crippen MR) is 116 cm³/mol. The first-order valence-electron chi connectivity index (χ1n) is 9.67. The van der Waals surface area contributed by atoms with Gasteiger partial charge in [-0.1, -0.05) is 31.0 Å². The highest BCUT2D eigenvalue weighted by Crippen LogP contribution is 2.19. The molecule has 1 atom stereocenters. The minimum atomic E-state index is -3.76. The first kappa shape index (κ1) is 23.4. The second-order valence-corrected chi connectivity index (χ2v) is 8.63. The molecular formula is C21H27N3O5S. The Morgan fingerprint density at radius 1 is 1.00 bits per heavy atom. The molecule has 162 valence electrons. The van der Waals surface area contributed by atoms with Crippen LogP contribution in [0.2, 0.25) is 0 Å². The lowest BCUT2D eigenvalue weighted by atomic mass is 10.2. The lowest BCUT2D eigenvalue weighted by molar-refractivity contribution is -0.141. The summed E-state index contributed by atoms with van der Waals surface area (Å²) in [5.41, 5.74) is 1.85. The van der Waals surface area contributed by atoms with E-state index in [1.807, 2.05) is 13.8 Å². The van der Waals surface area contributed by atoms with E-state index in [1.165, 1.54) is 24.3 Å². The van der Waals surface area contributed by atoms with E-state index in [0.29, 0.717) is 17.9 Å². The molecule has 2 aromatic carbocycles. The summed E-state index contributed by atoms with van der Waals surface area (Å²) >= 11 is 0. The highest BCUT2D eigenvalue weighted by Gasteiger charge is 2.21. The number of hydrogen-bond acceptors (Lipinski definition) is 5. The fraction of sp³-hybridized carbons (Fsp3) is 0.333. The van der Waals surface area contributed by atoms with Gasteiger partial charge in [0.05, 0.1) is 11.3 Å². The van der Waals surface area contributed by atoms with Gasteiger partial charge in [-0.3, -0.25) is 14.3 Å². The van der Waals surface area contributed by atoms with E-state index >= 15 is 0 Å². The van der Waals surface area contributed by atoms with Gasteiger partial charge < -0.3 is 15.7 Å². The third-order valence-electron chi connectivity index (χ3n) is 4.36. The Kier molecular flexibility index (Phi) is 8.37. The molecule has 2 aromatic rings. The van der Waals surface area contributed by atoms with Crippen LogP contribution in [-0.2, 0) is 19.6 Å². The van der Waals surface area contributed by atoms with E-state index in [-0.39, 0.29) is 11.3 Å². The van der Waals surface area contributed by atoms with E-state index in [2.05, 4.69) is 15.4 Å². The highest BCUT2D eigenvalue weighted by molar-refractivity contribution is 7.92. The van der Waals surface area contributed by atoms with E-state index in [0.717, 1.165) is 18.4 Å². The number of carbonyl (C=O) groups is 2. The molecule has 8 nitrogen and oxygen atoms in total. The Balaban J connectivity index is 1.98. The molecule has 4 N–H and O–H groups in total. The molecule has 1 amide bonds. The maximum atomic E-state index is 12.5. The number of aryl methyl sites for hydroxylation is 1. The van der Waals surface area contributed by atoms with Crippen molar-refractivity contribution in [2.24, 2.45) is 0 Å². The molecule has 0 aliphatic carbocycles. The first-order valence-corrected chi connectivity index (χ1v) is 11.1. The van der Waals surface area contributed by atoms with Crippen molar-refractivity contribution < 1.29 is 23.1 Å². The maximum Gasteiger partial charge on any atom is 0.321 e. The zero-order chi connectivity index (χ0) is 22.1. The van der Waals surface area contributed by atoms with Gasteiger partial charge in [0.15, 0.2) is 0 Å². The molecule has 9 heteroatoms. The average Bonchev–Trinajstić information content (AvgIpc) is 2.69. The number of aliphatic carboxylic acids is 1. The normalized spacial score (nSPS) is 12.2. The van der Waals surface area contributed by atoms with Gasteiger partial charge >= 0.3 is 5.97 Å². The van der Waals surface area contributed by atoms with Gasteiger partial charge in [0, 0.05) is 11.4 Å². The van der Waals surface area contributed by atoms with Gasteiger partial charge in [-0.15, -0.1) is 0 Å². The summed E-state index contributed by atoms with van der Waals surface area (Å²) in [6, 6.07) is 11.7. The number of hydrogen-bond donors (Lipinski definition) is 4. The predicted octanol–water partition coefficient (Wildman–Crippen LogP) is 2.97. The highest BCUT2D eigenvalue weighted by atomic mass is 32.2. The van der Waals surface area contributed by atoms with Crippen LogP contribution in [0.15, 0.2) is 53.4 Å². The molecule has 0 fully saturated rings. The summed E-state index contributed by atoms with van der Waals surface area (Å²) in [5.74, 6) is -1.57. The summed E-state index contributed by atoms with van der Waals surface area (Å²) < 4.78 is 27.5. The van der Waals surface area contributed by atoms with Crippen LogP contribution in [0, 0.1) is 6.92 Å². The molecule has 2 rings (SSSR count). The van der Waals surface area contributed by atoms with Gasteiger partial charge in [0.25, 0.3) is 10.0 Å². The molecular weight excluding hydrogens is 406 g/mol. The van der Waals surface area contributed by atoms with Crippen LogP contribution in [0.1, 0.15) is 31.7 Å². The maximum absolute atomic E-state index is 12.5. The number of carboxylic acid groups (broad SMARTS) is 1. The fourth-order valence-corrected chi connectivity index (χ4v) is 3.71. The van der Waals surface area contributed by atoms with Crippen LogP contribution in [0.3, 0.4) is 0 Å². The van der Waals surface area contributed by atoms with E-state index in [9.17, 15) is 23.1 Å². The Morgan fingerprint density at radius 3 is 2.17 bits per heavy atom. The van der Waals surface area contributed by atoms with Crippen molar-refractivity contribution in [3.8, 4) is 0 Å². The minimum absolute atomic E-state index is 0.0470. The van der Waals surface area contributed by atoms with E-state index in [1.54, 1.807) is 24.3 Å². The number of anilines is 2. The molecule has 0 heterocycles.